The van der Waals surface area contributed by atoms with Crippen molar-refractivity contribution in [1.82, 2.24) is 15.4 Å². The number of fused-ring (bicyclic) bond motifs is 1. The molecule has 1 atom stereocenters. The van der Waals surface area contributed by atoms with Crippen LogP contribution < -0.4 is 48.3 Å². The second kappa shape index (κ2) is 23.5. The Morgan fingerprint density at radius 1 is 0.681 bits per heavy atom. The number of carbonyl (C=O) groups excluding carboxylic acids is 6. The molecule has 4 aromatic carbocycles. The van der Waals surface area contributed by atoms with Gasteiger partial charge in [-0.3, -0.25) is 28.8 Å². The molecule has 0 radical (unpaired) electrons. The molecule has 0 aliphatic rings. The minimum Gasteiger partial charge on any atom is -0.490 e. The third-order valence-electron chi connectivity index (χ3n) is 8.74. The van der Waals surface area contributed by atoms with Crippen molar-refractivity contribution in [1.29, 1.82) is 5.26 Å². The summed E-state index contributed by atoms with van der Waals surface area (Å²) >= 11 is 0.789. The first-order chi connectivity index (χ1) is 32.6. The maximum absolute atomic E-state index is 14.0. The monoisotopic (exact) mass is 1010 g/mol. The van der Waals surface area contributed by atoms with Gasteiger partial charge in [0.2, 0.25) is 0 Å². The van der Waals surface area contributed by atoms with E-state index >= 15 is 0 Å². The number of hydrogen-bond acceptors (Lipinski definition) is 18. The molecule has 0 saturated carbocycles. The van der Waals surface area contributed by atoms with Crippen molar-refractivity contribution in [2.45, 2.75) is 44.7 Å². The number of halogens is 1. The Morgan fingerprint density at radius 2 is 1.17 bits per heavy atom. The average molecular weight is 1010 g/mol. The van der Waals surface area contributed by atoms with Crippen LogP contribution in [0.4, 0.5) is 4.39 Å². The van der Waals surface area contributed by atoms with E-state index in [4.69, 9.17) is 38.2 Å². The fraction of sp³-hybridized carbons (Fsp3) is 0.250. The van der Waals surface area contributed by atoms with Crippen molar-refractivity contribution in [3.05, 3.63) is 95.3 Å². The van der Waals surface area contributed by atoms with Crippen LogP contribution in [0, 0.1) is 17.1 Å². The second-order valence-electron chi connectivity index (χ2n) is 14.3. The fourth-order valence-corrected chi connectivity index (χ4v) is 9.78. The highest BCUT2D eigenvalue weighted by atomic mass is 32.2. The largest absolute Gasteiger partial charge is 0.490 e. The highest BCUT2D eigenvalue weighted by Gasteiger charge is 2.28. The number of rotatable bonds is 22. The highest BCUT2D eigenvalue weighted by Crippen LogP contribution is 2.43. The molecule has 0 aliphatic heterocycles. The van der Waals surface area contributed by atoms with Crippen LogP contribution in [-0.2, 0) is 33.8 Å². The number of nitrogens with one attached hydrogen (secondary N) is 3. The van der Waals surface area contributed by atoms with E-state index in [0.717, 1.165) is 51.2 Å². The number of nitrogens with zero attached hydrogens (tertiary/aromatic N) is 1. The molecule has 5 rings (SSSR count). The quantitative estimate of drug-likeness (QED) is 0.0287. The van der Waals surface area contributed by atoms with Crippen LogP contribution in [0.1, 0.15) is 66.8 Å². The van der Waals surface area contributed by atoms with Crippen molar-refractivity contribution in [3.63, 3.8) is 0 Å². The predicted octanol–water partition coefficient (Wildman–Crippen LogP) is 5.51. The topological polar surface area (TPSA) is 298 Å². The van der Waals surface area contributed by atoms with Crippen molar-refractivity contribution >= 4 is 74.7 Å². The van der Waals surface area contributed by atoms with Crippen LogP contribution in [0.3, 0.4) is 0 Å². The van der Waals surface area contributed by atoms with Gasteiger partial charge < -0.3 is 48.5 Å². The van der Waals surface area contributed by atoms with Crippen LogP contribution in [0.25, 0.3) is 10.1 Å². The molecule has 0 bridgehead atoms. The third-order valence-corrected chi connectivity index (χ3v) is 13.0. The third kappa shape index (κ3) is 15.6. The van der Waals surface area contributed by atoms with E-state index in [9.17, 15) is 51.0 Å². The number of esters is 4. The van der Waals surface area contributed by atoms with E-state index in [0.29, 0.717) is 16.2 Å². The minimum absolute atomic E-state index is 0.000357. The van der Waals surface area contributed by atoms with Crippen molar-refractivity contribution in [2.75, 3.05) is 32.6 Å². The minimum atomic E-state index is -4.73. The van der Waals surface area contributed by atoms with E-state index in [1.54, 1.807) is 6.07 Å². The molecular weight excluding hydrogens is 971 g/mol. The molecule has 1 aromatic heterocycles. The number of hydrogen-bond donors (Lipinski definition) is 4. The predicted molar refractivity (Wildman–Crippen MR) is 242 cm³/mol. The van der Waals surface area contributed by atoms with E-state index in [2.05, 4.69) is 10.6 Å². The first kappa shape index (κ1) is 52.5. The van der Waals surface area contributed by atoms with Gasteiger partial charge in [-0.15, -0.1) is 11.3 Å². The van der Waals surface area contributed by atoms with Gasteiger partial charge in [0, 0.05) is 68.7 Å². The number of carbonyl (C=O) groups is 6. The second-order valence-corrected chi connectivity index (χ2v) is 19.2. The normalized spacial score (nSPS) is 11.8. The van der Waals surface area contributed by atoms with E-state index < -0.39 is 71.2 Å². The summed E-state index contributed by atoms with van der Waals surface area (Å²) in [6.45, 7) is 4.77. The van der Waals surface area contributed by atoms with E-state index in [-0.39, 0.29) is 94.5 Å². The molecule has 1 unspecified atom stereocenters. The number of amides is 2. The number of nitriles is 1. The van der Waals surface area contributed by atoms with Gasteiger partial charge in [0.25, 0.3) is 21.8 Å². The molecule has 0 fully saturated rings. The van der Waals surface area contributed by atoms with Crippen molar-refractivity contribution < 1.29 is 84.0 Å². The van der Waals surface area contributed by atoms with Crippen LogP contribution >= 0.6 is 18.9 Å². The lowest BCUT2D eigenvalue weighted by molar-refractivity contribution is -0.134. The maximum atomic E-state index is 14.0. The van der Waals surface area contributed by atoms with Gasteiger partial charge in [0.15, 0.2) is 34.5 Å². The standard InChI is InChI=1S/C44H42FN4O17PS2/c1-25(50)62-35-11-8-29(17-39(35)64-27(3)52)43(54)47-13-5-15-60-37-19-32-20-42(69(58,59)49-24-67(56,57)66-33-10-7-31(23-46)34(45)21-33)68-41(32)22-38(37)61-16-6-14-48-44(55)30-9-12-36(63-26(2)51)40(18-30)65-28(4)53/h7-12,17-22,49H,5-6,13-16,24H2,1-4H3,(H,47,54)(H,48,55)(H,56,57). The summed E-state index contributed by atoms with van der Waals surface area (Å²) in [5, 5.41) is 14.7. The van der Waals surface area contributed by atoms with Gasteiger partial charge in [-0.2, -0.15) is 9.98 Å². The van der Waals surface area contributed by atoms with Gasteiger partial charge in [0.05, 0.1) is 18.8 Å². The molecule has 25 heteroatoms. The molecular formula is C44H42FN4O17PS2. The first-order valence-electron chi connectivity index (χ1n) is 20.2. The number of ether oxygens (including phenoxy) is 6. The highest BCUT2D eigenvalue weighted by molar-refractivity contribution is 7.92. The van der Waals surface area contributed by atoms with Gasteiger partial charge in [-0.05, 0) is 78.9 Å². The lowest BCUT2D eigenvalue weighted by Crippen LogP contribution is -2.26. The average Bonchev–Trinajstić information content (AvgIpc) is 3.70. The molecule has 1 heterocycles. The zero-order valence-electron chi connectivity index (χ0n) is 36.9. The summed E-state index contributed by atoms with van der Waals surface area (Å²) in [5.74, 6) is -5.34. The summed E-state index contributed by atoms with van der Waals surface area (Å²) < 4.78 is 92.9. The zero-order chi connectivity index (χ0) is 50.5. The Bertz CT molecular complexity index is 2870. The molecule has 21 nitrogen and oxygen atoms in total. The number of sulfonamides is 1. The molecule has 69 heavy (non-hydrogen) atoms. The SMILES string of the molecule is CC(=O)Oc1ccc(C(=O)NCCCOc2cc3cc(S(=O)(=O)NCP(=O)(O)Oc4ccc(C#N)c(F)c4)sc3cc2OCCCNC(=O)c2ccc(OC(C)=O)c(OC(C)=O)c2)cc1OC(C)=O. The lowest BCUT2D eigenvalue weighted by atomic mass is 10.2. The Labute approximate surface area is 396 Å². The Hall–Kier alpha value is -7.42. The van der Waals surface area contributed by atoms with Crippen LogP contribution in [-0.4, -0.2) is 81.6 Å². The number of benzene rings is 4. The lowest BCUT2D eigenvalue weighted by Gasteiger charge is -2.14. The molecule has 4 N–H and O–H groups in total. The Balaban J connectivity index is 1.27. The van der Waals surface area contributed by atoms with Gasteiger partial charge in [-0.25, -0.2) is 17.4 Å². The molecule has 364 valence electrons. The summed E-state index contributed by atoms with van der Waals surface area (Å²) in [4.78, 5) is 82.4. The summed E-state index contributed by atoms with van der Waals surface area (Å²) in [7, 11) is -9.19. The molecule has 2 amide bonds. The van der Waals surface area contributed by atoms with Gasteiger partial charge >= 0.3 is 31.5 Å². The van der Waals surface area contributed by atoms with E-state index in [1.807, 2.05) is 4.72 Å². The van der Waals surface area contributed by atoms with Gasteiger partial charge in [0.1, 0.15) is 28.1 Å². The van der Waals surface area contributed by atoms with Crippen molar-refractivity contribution in [2.24, 2.45) is 0 Å². The van der Waals surface area contributed by atoms with Crippen LogP contribution in [0.15, 0.2) is 77.0 Å². The zero-order valence-corrected chi connectivity index (χ0v) is 39.5. The van der Waals surface area contributed by atoms with Crippen molar-refractivity contribution in [3.8, 4) is 46.3 Å². The molecule has 0 aliphatic carbocycles. The van der Waals surface area contributed by atoms with E-state index in [1.165, 1.54) is 54.6 Å². The maximum Gasteiger partial charge on any atom is 0.391 e. The Kier molecular flexibility index (Phi) is 17.9. The molecule has 5 aromatic rings. The van der Waals surface area contributed by atoms with Crippen LogP contribution in [0.2, 0.25) is 0 Å². The fourth-order valence-electron chi connectivity index (χ4n) is 5.82. The summed E-state index contributed by atoms with van der Waals surface area (Å²) in [6.07, 6.45) is -0.615. The molecule has 0 saturated heterocycles. The Morgan fingerprint density at radius 3 is 1.65 bits per heavy atom. The smallest absolute Gasteiger partial charge is 0.391 e. The summed E-state index contributed by atoms with van der Waals surface area (Å²) in [5.41, 5.74) is -0.145. The number of thiophene rings is 1. The molecule has 0 spiro atoms. The first-order valence-corrected chi connectivity index (χ1v) is 24.3. The summed E-state index contributed by atoms with van der Waals surface area (Å²) in [6, 6.07) is 16.5. The van der Waals surface area contributed by atoms with Crippen LogP contribution in [0.5, 0.6) is 40.2 Å². The van der Waals surface area contributed by atoms with Gasteiger partial charge in [-0.1, -0.05) is 0 Å².